The summed E-state index contributed by atoms with van der Waals surface area (Å²) < 4.78 is 6.07. The second-order valence-electron chi connectivity index (χ2n) is 10.5. The second-order valence-corrected chi connectivity index (χ2v) is 10.5. The van der Waals surface area contributed by atoms with Crippen molar-refractivity contribution in [2.24, 2.45) is 34.0 Å². The van der Waals surface area contributed by atoms with Crippen molar-refractivity contribution >= 4 is 5.78 Å². The third-order valence-corrected chi connectivity index (χ3v) is 9.02. The summed E-state index contributed by atoms with van der Waals surface area (Å²) >= 11 is 0. The van der Waals surface area contributed by atoms with E-state index in [1.54, 1.807) is 6.08 Å². The zero-order valence-corrected chi connectivity index (χ0v) is 17.9. The highest BCUT2D eigenvalue weighted by molar-refractivity contribution is 5.86. The predicted octanol–water partition coefficient (Wildman–Crippen LogP) is 1.57. The van der Waals surface area contributed by atoms with Gasteiger partial charge in [0.25, 0.3) is 0 Å². The smallest absolute Gasteiger partial charge is 0.208 e. The molecule has 4 N–H and O–H groups in total. The summed E-state index contributed by atoms with van der Waals surface area (Å²) in [6, 6.07) is 0. The molecule has 162 valence electrons. The fourth-order valence-corrected chi connectivity index (χ4v) is 7.71. The van der Waals surface area contributed by atoms with Crippen molar-refractivity contribution in [3.8, 4) is 0 Å². The molecule has 3 aliphatic carbocycles. The number of fused-ring (bicyclic) bond motifs is 1. The molecule has 0 aromatic heterocycles. The molecule has 0 radical (unpaired) electrons. The monoisotopic (exact) mass is 406 g/mol. The number of ketones is 1. The summed E-state index contributed by atoms with van der Waals surface area (Å²) in [5.41, 5.74) is -2.47. The van der Waals surface area contributed by atoms with Crippen LogP contribution in [0.25, 0.3) is 0 Å². The topological polar surface area (TPSA) is 107 Å². The number of hydrogen-bond donors (Lipinski definition) is 4. The molecule has 29 heavy (non-hydrogen) atoms. The normalized spacial score (nSPS) is 55.1. The van der Waals surface area contributed by atoms with Gasteiger partial charge in [0.15, 0.2) is 0 Å². The standard InChI is InChI=1S/C23H34O6/c1-11(2)14-7-8-15-21-10-9-16(25)20(5,6)17(21)19(27)23(28,29-13(21)4)22(15,12(3)24)18(14)26/h9-10,13-19,25-28H,1,7-8H2,2-6H3/t13?,14-,15-,16-,17+,18+,19-,21+,22+,23-/m0/s1. The van der Waals surface area contributed by atoms with Crippen molar-refractivity contribution in [1.82, 2.24) is 0 Å². The Hall–Kier alpha value is -1.05. The van der Waals surface area contributed by atoms with Gasteiger partial charge in [0.05, 0.1) is 18.3 Å². The van der Waals surface area contributed by atoms with Gasteiger partial charge < -0.3 is 25.2 Å². The molecule has 2 aliphatic heterocycles. The van der Waals surface area contributed by atoms with Crippen LogP contribution in [-0.2, 0) is 9.53 Å². The summed E-state index contributed by atoms with van der Waals surface area (Å²) in [5, 5.41) is 45.6. The molecule has 5 aliphatic rings. The Morgan fingerprint density at radius 3 is 2.31 bits per heavy atom. The Labute approximate surface area is 172 Å². The number of hydrogen-bond acceptors (Lipinski definition) is 6. The largest absolute Gasteiger partial charge is 0.391 e. The first-order chi connectivity index (χ1) is 13.3. The van der Waals surface area contributed by atoms with Crippen LogP contribution in [0.2, 0.25) is 0 Å². The summed E-state index contributed by atoms with van der Waals surface area (Å²) in [5.74, 6) is -3.96. The molecule has 2 bridgehead atoms. The van der Waals surface area contributed by atoms with Crippen molar-refractivity contribution in [3.63, 3.8) is 0 Å². The number of rotatable bonds is 2. The van der Waals surface area contributed by atoms with Gasteiger partial charge in [0.2, 0.25) is 5.79 Å². The van der Waals surface area contributed by atoms with Crippen molar-refractivity contribution in [3.05, 3.63) is 24.3 Å². The van der Waals surface area contributed by atoms with Gasteiger partial charge in [-0.2, -0.15) is 0 Å². The molecule has 5 rings (SSSR count). The van der Waals surface area contributed by atoms with Crippen LogP contribution in [0.3, 0.4) is 0 Å². The molecular weight excluding hydrogens is 372 g/mol. The van der Waals surface area contributed by atoms with E-state index in [9.17, 15) is 25.2 Å². The van der Waals surface area contributed by atoms with Crippen molar-refractivity contribution in [1.29, 1.82) is 0 Å². The Morgan fingerprint density at radius 1 is 1.14 bits per heavy atom. The molecular formula is C23H34O6. The molecule has 0 amide bonds. The molecule has 1 unspecified atom stereocenters. The first-order valence-electron chi connectivity index (χ1n) is 10.6. The molecule has 10 atom stereocenters. The van der Waals surface area contributed by atoms with Gasteiger partial charge in [-0.1, -0.05) is 38.2 Å². The summed E-state index contributed by atoms with van der Waals surface area (Å²) in [7, 11) is 0. The van der Waals surface area contributed by atoms with Crippen LogP contribution < -0.4 is 0 Å². The minimum absolute atomic E-state index is 0.370. The first-order valence-corrected chi connectivity index (χ1v) is 10.6. The lowest BCUT2D eigenvalue weighted by atomic mass is 9.34. The van der Waals surface area contributed by atoms with E-state index < -0.39 is 58.3 Å². The third kappa shape index (κ3) is 2.07. The highest BCUT2D eigenvalue weighted by Gasteiger charge is 2.84. The molecule has 0 aromatic rings. The molecule has 6 nitrogen and oxygen atoms in total. The molecule has 0 aromatic carbocycles. The number of aliphatic hydroxyl groups excluding tert-OH is 3. The van der Waals surface area contributed by atoms with Crippen molar-refractivity contribution in [2.45, 2.75) is 77.7 Å². The van der Waals surface area contributed by atoms with Crippen LogP contribution in [0.15, 0.2) is 24.3 Å². The first kappa shape index (κ1) is 21.2. The zero-order valence-electron chi connectivity index (χ0n) is 17.9. The molecule has 2 saturated heterocycles. The van der Waals surface area contributed by atoms with E-state index in [1.165, 1.54) is 6.92 Å². The van der Waals surface area contributed by atoms with Gasteiger partial charge in [0, 0.05) is 22.7 Å². The molecule has 6 heteroatoms. The van der Waals surface area contributed by atoms with E-state index in [-0.39, 0.29) is 11.7 Å². The third-order valence-electron chi connectivity index (χ3n) is 9.02. The molecule has 2 heterocycles. The van der Waals surface area contributed by atoms with E-state index >= 15 is 0 Å². The van der Waals surface area contributed by atoms with E-state index in [4.69, 9.17) is 4.74 Å². The highest BCUT2D eigenvalue weighted by Crippen LogP contribution is 2.74. The Kier molecular flexibility index (Phi) is 4.39. The van der Waals surface area contributed by atoms with Gasteiger partial charge in [-0.05, 0) is 39.5 Å². The quantitative estimate of drug-likeness (QED) is 0.519. The minimum Gasteiger partial charge on any atom is -0.391 e. The van der Waals surface area contributed by atoms with Crippen LogP contribution in [-0.4, -0.2) is 56.4 Å². The maximum Gasteiger partial charge on any atom is 0.208 e. The number of Topliss-reactive ketones (excluding diaryl/α,β-unsaturated/α-hetero) is 1. The lowest BCUT2D eigenvalue weighted by Crippen LogP contribution is -2.86. The van der Waals surface area contributed by atoms with Crippen molar-refractivity contribution < 1.29 is 30.0 Å². The Morgan fingerprint density at radius 2 is 1.76 bits per heavy atom. The van der Waals surface area contributed by atoms with Crippen LogP contribution in [0.4, 0.5) is 0 Å². The molecule has 2 saturated carbocycles. The van der Waals surface area contributed by atoms with Crippen LogP contribution in [0, 0.1) is 34.0 Å². The minimum atomic E-state index is -2.24. The zero-order chi connectivity index (χ0) is 21.7. The SMILES string of the molecule is C=C(C)[C@@H]1CC[C@H]2[C@]34C=C[C@H](O)C(C)(C)[C@H]3[C@H](O)[C@](O)(OC4C)[C@@]2(C(C)=O)[C@@H]1O. The van der Waals surface area contributed by atoms with Crippen LogP contribution >= 0.6 is 0 Å². The number of ether oxygens (including phenoxy) is 1. The number of carbonyl (C=O) groups excluding carboxylic acids is 1. The van der Waals surface area contributed by atoms with E-state index in [2.05, 4.69) is 6.58 Å². The fourth-order valence-electron chi connectivity index (χ4n) is 7.71. The lowest BCUT2D eigenvalue weighted by molar-refractivity contribution is -0.460. The maximum absolute atomic E-state index is 13.3. The predicted molar refractivity (Wildman–Crippen MR) is 107 cm³/mol. The number of carbonyl (C=O) groups is 1. The van der Waals surface area contributed by atoms with E-state index in [0.29, 0.717) is 12.8 Å². The molecule has 4 fully saturated rings. The van der Waals surface area contributed by atoms with Gasteiger partial charge in [0.1, 0.15) is 17.3 Å². The van der Waals surface area contributed by atoms with Crippen LogP contribution in [0.5, 0.6) is 0 Å². The summed E-state index contributed by atoms with van der Waals surface area (Å²) in [4.78, 5) is 13.3. The van der Waals surface area contributed by atoms with Gasteiger partial charge in [-0.15, -0.1) is 0 Å². The maximum atomic E-state index is 13.3. The summed E-state index contributed by atoms with van der Waals surface area (Å²) in [6.45, 7) is 12.8. The van der Waals surface area contributed by atoms with Gasteiger partial charge >= 0.3 is 0 Å². The van der Waals surface area contributed by atoms with Gasteiger partial charge in [-0.25, -0.2) is 0 Å². The highest BCUT2D eigenvalue weighted by atomic mass is 16.7. The Balaban J connectivity index is 2.04. The summed E-state index contributed by atoms with van der Waals surface area (Å²) in [6.07, 6.45) is 0.888. The number of aliphatic hydroxyl groups is 4. The van der Waals surface area contributed by atoms with E-state index in [0.717, 1.165) is 5.57 Å². The van der Waals surface area contributed by atoms with E-state index in [1.807, 2.05) is 33.8 Å². The van der Waals surface area contributed by atoms with Gasteiger partial charge in [-0.3, -0.25) is 4.79 Å². The lowest BCUT2D eigenvalue weighted by Gasteiger charge is -2.76. The average Bonchev–Trinajstić information content (AvgIpc) is 2.60. The Bertz CT molecular complexity index is 788. The molecule has 1 spiro atoms. The van der Waals surface area contributed by atoms with Crippen LogP contribution in [0.1, 0.15) is 47.5 Å². The fraction of sp³-hybridized carbons (Fsp3) is 0.783. The second kappa shape index (κ2) is 6.01. The average molecular weight is 407 g/mol. The van der Waals surface area contributed by atoms with Crippen molar-refractivity contribution in [2.75, 3.05) is 0 Å².